The normalized spacial score (nSPS) is 23.5. The van der Waals surface area contributed by atoms with Gasteiger partial charge >= 0.3 is 6.61 Å². The van der Waals surface area contributed by atoms with Crippen molar-refractivity contribution in [1.82, 2.24) is 10.2 Å². The van der Waals surface area contributed by atoms with Gasteiger partial charge in [-0.2, -0.15) is 8.78 Å². The first-order valence-corrected chi connectivity index (χ1v) is 8.93. The van der Waals surface area contributed by atoms with E-state index in [0.717, 1.165) is 11.1 Å². The fraction of sp³-hybridized carbons (Fsp3) is 0.368. The van der Waals surface area contributed by atoms with Crippen molar-refractivity contribution in [3.8, 4) is 5.75 Å². The van der Waals surface area contributed by atoms with Crippen LogP contribution < -0.4 is 15.8 Å². The van der Waals surface area contributed by atoms with Gasteiger partial charge in [0.2, 0.25) is 0 Å². The first-order chi connectivity index (χ1) is 12.5. The SMILES string of the molecule is CN1C[C@@](c2ccccc2)(c2ccc(OC(F)F)c(CCCl)c2)NC1N. The molecule has 0 amide bonds. The quantitative estimate of drug-likeness (QED) is 0.755. The number of alkyl halides is 3. The Morgan fingerprint density at radius 2 is 2.00 bits per heavy atom. The van der Waals surface area contributed by atoms with Gasteiger partial charge in [-0.15, -0.1) is 11.6 Å². The Kier molecular flexibility index (Phi) is 5.77. The monoisotopic (exact) mass is 381 g/mol. The van der Waals surface area contributed by atoms with Crippen molar-refractivity contribution in [1.29, 1.82) is 0 Å². The van der Waals surface area contributed by atoms with Gasteiger partial charge in [0.05, 0.1) is 5.54 Å². The second-order valence-corrected chi connectivity index (χ2v) is 6.79. The summed E-state index contributed by atoms with van der Waals surface area (Å²) in [6.07, 6.45) is 0.119. The van der Waals surface area contributed by atoms with E-state index in [1.165, 1.54) is 0 Å². The summed E-state index contributed by atoms with van der Waals surface area (Å²) in [5.41, 5.74) is 8.29. The van der Waals surface area contributed by atoms with Crippen LogP contribution in [-0.2, 0) is 12.0 Å². The van der Waals surface area contributed by atoms with E-state index in [4.69, 9.17) is 17.3 Å². The molecule has 4 nitrogen and oxygen atoms in total. The lowest BCUT2D eigenvalue weighted by atomic mass is 9.82. The summed E-state index contributed by atoms with van der Waals surface area (Å²) in [6, 6.07) is 15.2. The fourth-order valence-electron chi connectivity index (χ4n) is 3.47. The zero-order valence-corrected chi connectivity index (χ0v) is 15.2. The maximum Gasteiger partial charge on any atom is 0.387 e. The maximum atomic E-state index is 12.7. The molecule has 3 rings (SSSR count). The summed E-state index contributed by atoms with van der Waals surface area (Å²) >= 11 is 5.87. The predicted molar refractivity (Wildman–Crippen MR) is 98.5 cm³/mol. The second-order valence-electron chi connectivity index (χ2n) is 6.42. The third-order valence-electron chi connectivity index (χ3n) is 4.76. The molecule has 0 bridgehead atoms. The van der Waals surface area contributed by atoms with Crippen molar-refractivity contribution in [2.45, 2.75) is 24.9 Å². The van der Waals surface area contributed by atoms with Gasteiger partial charge in [-0.3, -0.25) is 10.2 Å². The number of nitrogens with one attached hydrogen (secondary N) is 1. The fourth-order valence-corrected chi connectivity index (χ4v) is 3.68. The van der Waals surface area contributed by atoms with Crippen LogP contribution in [0.3, 0.4) is 0 Å². The van der Waals surface area contributed by atoms with Gasteiger partial charge in [-0.05, 0) is 42.3 Å². The lowest BCUT2D eigenvalue weighted by Crippen LogP contribution is -2.47. The van der Waals surface area contributed by atoms with E-state index in [1.54, 1.807) is 12.1 Å². The van der Waals surface area contributed by atoms with Crippen LogP contribution >= 0.6 is 11.6 Å². The highest BCUT2D eigenvalue weighted by atomic mass is 35.5. The minimum absolute atomic E-state index is 0.156. The van der Waals surface area contributed by atoms with Gasteiger partial charge < -0.3 is 10.5 Å². The van der Waals surface area contributed by atoms with Gasteiger partial charge in [-0.1, -0.05) is 36.4 Å². The van der Waals surface area contributed by atoms with Gasteiger partial charge in [0, 0.05) is 12.4 Å². The molecule has 0 saturated carbocycles. The Morgan fingerprint density at radius 3 is 2.58 bits per heavy atom. The number of likely N-dealkylation sites (N-methyl/N-ethyl adjacent to an activating group) is 1. The molecule has 1 aliphatic rings. The van der Waals surface area contributed by atoms with Crippen molar-refractivity contribution in [3.05, 3.63) is 65.2 Å². The third-order valence-corrected chi connectivity index (χ3v) is 4.94. The van der Waals surface area contributed by atoms with E-state index in [0.29, 0.717) is 24.4 Å². The Balaban J connectivity index is 2.09. The minimum Gasteiger partial charge on any atom is -0.435 e. The molecule has 3 N–H and O–H groups in total. The maximum absolute atomic E-state index is 12.7. The second kappa shape index (κ2) is 7.88. The molecule has 1 aliphatic heterocycles. The van der Waals surface area contributed by atoms with Crippen molar-refractivity contribution in [2.24, 2.45) is 5.73 Å². The van der Waals surface area contributed by atoms with Gasteiger partial charge in [-0.25, -0.2) is 0 Å². The number of ether oxygens (including phenoxy) is 1. The topological polar surface area (TPSA) is 50.5 Å². The van der Waals surface area contributed by atoms with Crippen molar-refractivity contribution in [3.63, 3.8) is 0 Å². The van der Waals surface area contributed by atoms with Crippen LogP contribution in [0.15, 0.2) is 48.5 Å². The molecule has 2 atom stereocenters. The zero-order valence-electron chi connectivity index (χ0n) is 14.5. The summed E-state index contributed by atoms with van der Waals surface area (Å²) in [4.78, 5) is 2.01. The number of aryl methyl sites for hydroxylation is 1. The molecule has 1 unspecified atom stereocenters. The van der Waals surface area contributed by atoms with E-state index in [2.05, 4.69) is 10.1 Å². The summed E-state index contributed by atoms with van der Waals surface area (Å²) in [5, 5.41) is 3.46. The van der Waals surface area contributed by atoms with E-state index in [-0.39, 0.29) is 12.0 Å². The Hall–Kier alpha value is -1.73. The summed E-state index contributed by atoms with van der Waals surface area (Å²) < 4.78 is 30.0. The lowest BCUT2D eigenvalue weighted by molar-refractivity contribution is -0.0504. The number of rotatable bonds is 6. The number of benzene rings is 2. The van der Waals surface area contributed by atoms with Crippen molar-refractivity contribution < 1.29 is 13.5 Å². The van der Waals surface area contributed by atoms with Crippen LogP contribution in [0, 0.1) is 0 Å². The molecule has 0 radical (unpaired) electrons. The predicted octanol–water partition coefficient (Wildman–Crippen LogP) is 3.09. The highest BCUT2D eigenvalue weighted by Gasteiger charge is 2.43. The molecular formula is C19H22ClF2N3O. The van der Waals surface area contributed by atoms with Crippen LogP contribution in [0.4, 0.5) is 8.78 Å². The molecule has 7 heteroatoms. The summed E-state index contributed by atoms with van der Waals surface area (Å²) in [5.74, 6) is 0.470. The molecule has 26 heavy (non-hydrogen) atoms. The number of nitrogens with zero attached hydrogens (tertiary/aromatic N) is 1. The first-order valence-electron chi connectivity index (χ1n) is 8.39. The average molecular weight is 382 g/mol. The van der Waals surface area contributed by atoms with Crippen LogP contribution in [0.25, 0.3) is 0 Å². The van der Waals surface area contributed by atoms with Gasteiger partial charge in [0.25, 0.3) is 0 Å². The minimum atomic E-state index is -2.87. The number of hydrogen-bond donors (Lipinski definition) is 2. The average Bonchev–Trinajstić information content (AvgIpc) is 2.93. The summed E-state index contributed by atoms with van der Waals surface area (Å²) in [6.45, 7) is -2.23. The molecule has 0 aliphatic carbocycles. The highest BCUT2D eigenvalue weighted by Crippen LogP contribution is 2.37. The largest absolute Gasteiger partial charge is 0.435 e. The Labute approximate surface area is 156 Å². The standard InChI is InChI=1S/C19H22ClF2N3O/c1-25-12-19(24-18(25)23,14-5-3-2-4-6-14)15-7-8-16(26-17(21)22)13(11-15)9-10-20/h2-8,11,17-18,24H,9-10,12,23H2,1H3/t18?,19-/m1/s1. The van der Waals surface area contributed by atoms with E-state index in [1.807, 2.05) is 48.3 Å². The zero-order chi connectivity index (χ0) is 18.7. The van der Waals surface area contributed by atoms with E-state index < -0.39 is 12.2 Å². The van der Waals surface area contributed by atoms with Crippen LogP contribution in [-0.4, -0.2) is 37.3 Å². The number of nitrogens with two attached hydrogens (primary N) is 1. The van der Waals surface area contributed by atoms with Crippen LogP contribution in [0.2, 0.25) is 0 Å². The van der Waals surface area contributed by atoms with Crippen LogP contribution in [0.5, 0.6) is 5.75 Å². The Morgan fingerprint density at radius 1 is 1.27 bits per heavy atom. The summed E-state index contributed by atoms with van der Waals surface area (Å²) in [7, 11) is 1.94. The van der Waals surface area contributed by atoms with Gasteiger partial charge in [0.15, 0.2) is 0 Å². The molecule has 2 aromatic rings. The number of halogens is 3. The highest BCUT2D eigenvalue weighted by molar-refractivity contribution is 6.18. The smallest absolute Gasteiger partial charge is 0.387 e. The van der Waals surface area contributed by atoms with Crippen molar-refractivity contribution in [2.75, 3.05) is 19.5 Å². The molecule has 0 spiro atoms. The molecule has 2 aromatic carbocycles. The molecule has 140 valence electrons. The molecular weight excluding hydrogens is 360 g/mol. The van der Waals surface area contributed by atoms with E-state index in [9.17, 15) is 8.78 Å². The molecule has 1 fully saturated rings. The lowest BCUT2D eigenvalue weighted by Gasteiger charge is -2.31. The molecule has 1 saturated heterocycles. The first kappa shape index (κ1) is 19.0. The van der Waals surface area contributed by atoms with Crippen LogP contribution in [0.1, 0.15) is 16.7 Å². The van der Waals surface area contributed by atoms with Gasteiger partial charge in [0.1, 0.15) is 12.0 Å². The van der Waals surface area contributed by atoms with Crippen molar-refractivity contribution >= 4 is 11.6 Å². The third kappa shape index (κ3) is 3.69. The van der Waals surface area contributed by atoms with E-state index >= 15 is 0 Å². The molecule has 0 aromatic heterocycles. The molecule has 1 heterocycles. The number of hydrogen-bond acceptors (Lipinski definition) is 4. The Bertz CT molecular complexity index is 735.